The molecule has 1 aromatic heterocycles. The van der Waals surface area contributed by atoms with E-state index < -0.39 is 0 Å². The van der Waals surface area contributed by atoms with Crippen molar-refractivity contribution in [2.45, 2.75) is 13.3 Å². The first-order valence-corrected chi connectivity index (χ1v) is 9.08. The summed E-state index contributed by atoms with van der Waals surface area (Å²) in [6, 6.07) is 14.9. The third-order valence-electron chi connectivity index (χ3n) is 3.53. The number of hydrogen-bond acceptors (Lipinski definition) is 4. The molecule has 0 aliphatic carbocycles. The number of para-hydroxylation sites is 1. The van der Waals surface area contributed by atoms with Gasteiger partial charge in [0.25, 0.3) is 5.91 Å². The number of carbonyl (C=O) groups excluding carboxylic acids is 1. The van der Waals surface area contributed by atoms with E-state index in [1.165, 1.54) is 11.3 Å². The summed E-state index contributed by atoms with van der Waals surface area (Å²) in [5, 5.41) is 4.12. The SMILES string of the molecule is CCOc1ccccc1C(=O)Nc1ncc(Cc2ccccc2Cl)s1. The van der Waals surface area contributed by atoms with Gasteiger partial charge in [0.15, 0.2) is 5.13 Å². The van der Waals surface area contributed by atoms with E-state index in [4.69, 9.17) is 16.3 Å². The monoisotopic (exact) mass is 372 g/mol. The first-order chi connectivity index (χ1) is 12.2. The van der Waals surface area contributed by atoms with E-state index in [0.29, 0.717) is 29.5 Å². The number of rotatable bonds is 6. The molecule has 0 atom stereocenters. The first kappa shape index (κ1) is 17.5. The van der Waals surface area contributed by atoms with Crippen LogP contribution in [0.1, 0.15) is 27.7 Å². The number of anilines is 1. The van der Waals surface area contributed by atoms with Gasteiger partial charge >= 0.3 is 0 Å². The van der Waals surface area contributed by atoms with Crippen molar-refractivity contribution in [2.24, 2.45) is 0 Å². The van der Waals surface area contributed by atoms with Gasteiger partial charge in [-0.2, -0.15) is 0 Å². The molecule has 3 aromatic rings. The second-order valence-corrected chi connectivity index (χ2v) is 6.81. The first-order valence-electron chi connectivity index (χ1n) is 7.88. The van der Waals surface area contributed by atoms with Crippen LogP contribution in [0.5, 0.6) is 5.75 Å². The minimum Gasteiger partial charge on any atom is -0.493 e. The molecule has 1 N–H and O–H groups in total. The van der Waals surface area contributed by atoms with Crippen LogP contribution in [0.15, 0.2) is 54.7 Å². The molecule has 0 aliphatic rings. The van der Waals surface area contributed by atoms with Gasteiger partial charge in [-0.15, -0.1) is 11.3 Å². The summed E-state index contributed by atoms with van der Waals surface area (Å²) in [6.45, 7) is 2.39. The normalized spacial score (nSPS) is 10.5. The predicted molar refractivity (Wildman–Crippen MR) is 102 cm³/mol. The van der Waals surface area contributed by atoms with Gasteiger partial charge in [-0.1, -0.05) is 41.9 Å². The quantitative estimate of drug-likeness (QED) is 0.659. The molecule has 0 saturated carbocycles. The highest BCUT2D eigenvalue weighted by molar-refractivity contribution is 7.15. The summed E-state index contributed by atoms with van der Waals surface area (Å²) < 4.78 is 5.50. The highest BCUT2D eigenvalue weighted by atomic mass is 35.5. The Balaban J connectivity index is 1.71. The summed E-state index contributed by atoms with van der Waals surface area (Å²) in [6.07, 6.45) is 2.45. The number of hydrogen-bond donors (Lipinski definition) is 1. The average Bonchev–Trinajstić information content (AvgIpc) is 3.05. The van der Waals surface area contributed by atoms with Crippen molar-refractivity contribution >= 4 is 34.0 Å². The molecule has 0 bridgehead atoms. The van der Waals surface area contributed by atoms with Gasteiger partial charge in [0.2, 0.25) is 0 Å². The third kappa shape index (κ3) is 4.38. The fourth-order valence-electron chi connectivity index (χ4n) is 2.38. The van der Waals surface area contributed by atoms with Gasteiger partial charge in [0, 0.05) is 22.5 Å². The van der Waals surface area contributed by atoms with E-state index in [2.05, 4.69) is 10.3 Å². The standard InChI is InChI=1S/C19H17ClN2O2S/c1-2-24-17-10-6-4-8-15(17)18(23)22-19-21-12-14(25-19)11-13-7-3-5-9-16(13)20/h3-10,12H,2,11H2,1H3,(H,21,22,23). The zero-order valence-corrected chi connectivity index (χ0v) is 15.2. The van der Waals surface area contributed by atoms with E-state index in [-0.39, 0.29) is 5.91 Å². The summed E-state index contributed by atoms with van der Waals surface area (Å²) in [5.74, 6) is 0.332. The molecule has 2 aromatic carbocycles. The highest BCUT2D eigenvalue weighted by Gasteiger charge is 2.14. The average molecular weight is 373 g/mol. The van der Waals surface area contributed by atoms with Gasteiger partial charge < -0.3 is 4.74 Å². The maximum atomic E-state index is 12.5. The Morgan fingerprint density at radius 2 is 1.96 bits per heavy atom. The summed E-state index contributed by atoms with van der Waals surface area (Å²) in [7, 11) is 0. The van der Waals surface area contributed by atoms with Crippen molar-refractivity contribution in [1.29, 1.82) is 0 Å². The lowest BCUT2D eigenvalue weighted by Gasteiger charge is -2.08. The molecule has 25 heavy (non-hydrogen) atoms. The van der Waals surface area contributed by atoms with Crippen LogP contribution in [-0.4, -0.2) is 17.5 Å². The number of ether oxygens (including phenoxy) is 1. The van der Waals surface area contributed by atoms with E-state index in [1.54, 1.807) is 18.3 Å². The Morgan fingerprint density at radius 3 is 2.76 bits per heavy atom. The lowest BCUT2D eigenvalue weighted by molar-refractivity contribution is 0.102. The smallest absolute Gasteiger partial charge is 0.261 e. The molecule has 0 saturated heterocycles. The Hall–Kier alpha value is -2.37. The Morgan fingerprint density at radius 1 is 1.20 bits per heavy atom. The number of aromatic nitrogens is 1. The topological polar surface area (TPSA) is 51.2 Å². The molecular formula is C19H17ClN2O2S. The number of amides is 1. The largest absolute Gasteiger partial charge is 0.493 e. The van der Waals surface area contributed by atoms with Gasteiger partial charge in [-0.3, -0.25) is 10.1 Å². The zero-order chi connectivity index (χ0) is 17.6. The molecule has 0 spiro atoms. The highest BCUT2D eigenvalue weighted by Crippen LogP contribution is 2.26. The molecule has 0 aliphatic heterocycles. The van der Waals surface area contributed by atoms with Crippen LogP contribution in [0.3, 0.4) is 0 Å². The van der Waals surface area contributed by atoms with Gasteiger partial charge in [0.05, 0.1) is 12.2 Å². The van der Waals surface area contributed by atoms with Crippen molar-refractivity contribution < 1.29 is 9.53 Å². The summed E-state index contributed by atoms with van der Waals surface area (Å²) in [5.41, 5.74) is 1.53. The molecule has 0 unspecified atom stereocenters. The summed E-state index contributed by atoms with van der Waals surface area (Å²) in [4.78, 5) is 17.8. The number of benzene rings is 2. The van der Waals surface area contributed by atoms with Crippen molar-refractivity contribution in [3.8, 4) is 5.75 Å². The van der Waals surface area contributed by atoms with E-state index in [9.17, 15) is 4.79 Å². The third-order valence-corrected chi connectivity index (χ3v) is 4.81. The van der Waals surface area contributed by atoms with E-state index in [1.807, 2.05) is 43.3 Å². The lowest BCUT2D eigenvalue weighted by atomic mass is 10.1. The minimum absolute atomic E-state index is 0.234. The molecule has 128 valence electrons. The Kier molecular flexibility index (Phi) is 5.68. The summed E-state index contributed by atoms with van der Waals surface area (Å²) >= 11 is 7.63. The molecule has 4 nitrogen and oxygen atoms in total. The molecule has 1 amide bonds. The van der Waals surface area contributed by atoms with Crippen LogP contribution in [0.2, 0.25) is 5.02 Å². The second-order valence-electron chi connectivity index (χ2n) is 5.28. The molecule has 1 heterocycles. The number of halogens is 1. The fourth-order valence-corrected chi connectivity index (χ4v) is 3.41. The maximum Gasteiger partial charge on any atom is 0.261 e. The number of nitrogens with one attached hydrogen (secondary N) is 1. The van der Waals surface area contributed by atoms with Crippen LogP contribution < -0.4 is 10.1 Å². The van der Waals surface area contributed by atoms with Crippen molar-refractivity contribution in [3.63, 3.8) is 0 Å². The molecular weight excluding hydrogens is 356 g/mol. The maximum absolute atomic E-state index is 12.5. The molecule has 0 radical (unpaired) electrons. The van der Waals surface area contributed by atoms with Gasteiger partial charge in [-0.05, 0) is 30.7 Å². The van der Waals surface area contributed by atoms with Crippen LogP contribution >= 0.6 is 22.9 Å². The predicted octanol–water partition coefficient (Wildman–Crippen LogP) is 5.04. The number of carbonyl (C=O) groups is 1. The van der Waals surface area contributed by atoms with Gasteiger partial charge in [0.1, 0.15) is 5.75 Å². The molecule has 0 fully saturated rings. The lowest BCUT2D eigenvalue weighted by Crippen LogP contribution is -2.13. The van der Waals surface area contributed by atoms with Crippen LogP contribution in [0, 0.1) is 0 Å². The van der Waals surface area contributed by atoms with E-state index in [0.717, 1.165) is 15.5 Å². The molecule has 6 heteroatoms. The Labute approximate surface area is 155 Å². The van der Waals surface area contributed by atoms with Crippen molar-refractivity contribution in [3.05, 3.63) is 75.8 Å². The number of nitrogens with zero attached hydrogens (tertiary/aromatic N) is 1. The van der Waals surface area contributed by atoms with E-state index >= 15 is 0 Å². The fraction of sp³-hybridized carbons (Fsp3) is 0.158. The minimum atomic E-state index is -0.234. The zero-order valence-electron chi connectivity index (χ0n) is 13.7. The van der Waals surface area contributed by atoms with Gasteiger partial charge in [-0.25, -0.2) is 4.98 Å². The Bertz CT molecular complexity index is 879. The second kappa shape index (κ2) is 8.14. The molecule has 3 rings (SSSR count). The van der Waals surface area contributed by atoms with Crippen molar-refractivity contribution in [2.75, 3.05) is 11.9 Å². The number of thiazole rings is 1. The van der Waals surface area contributed by atoms with Crippen molar-refractivity contribution in [1.82, 2.24) is 4.98 Å². The van der Waals surface area contributed by atoms with Crippen LogP contribution in [-0.2, 0) is 6.42 Å². The van der Waals surface area contributed by atoms with Crippen LogP contribution in [0.25, 0.3) is 0 Å². The van der Waals surface area contributed by atoms with Crippen LogP contribution in [0.4, 0.5) is 5.13 Å².